The van der Waals surface area contributed by atoms with Crippen LogP contribution in [0.2, 0.25) is 0 Å². The summed E-state index contributed by atoms with van der Waals surface area (Å²) in [6, 6.07) is 2.66. The highest BCUT2D eigenvalue weighted by Gasteiger charge is 2.17. The maximum atomic E-state index is 10.9. The minimum absolute atomic E-state index is 0.101. The molecule has 14 heavy (non-hydrogen) atoms. The minimum Gasteiger partial charge on any atom is -0.276 e. The van der Waals surface area contributed by atoms with Gasteiger partial charge in [-0.25, -0.2) is 0 Å². The van der Waals surface area contributed by atoms with Crippen LogP contribution < -0.4 is 0 Å². The number of hydrogen-bond acceptors (Lipinski definition) is 3. The van der Waals surface area contributed by atoms with Crippen molar-refractivity contribution in [1.82, 2.24) is 0 Å². The van der Waals surface area contributed by atoms with Crippen LogP contribution in [0.4, 0.5) is 5.69 Å². The van der Waals surface area contributed by atoms with Crippen molar-refractivity contribution in [3.63, 3.8) is 0 Å². The Kier molecular flexibility index (Phi) is 3.23. The third kappa shape index (κ3) is 2.10. The molecule has 1 aromatic rings. The molecule has 0 radical (unpaired) electrons. The van der Waals surface area contributed by atoms with Crippen LogP contribution in [0.15, 0.2) is 16.6 Å². The number of carbonyl (C=O) groups is 1. The summed E-state index contributed by atoms with van der Waals surface area (Å²) in [6.07, 6.45) is 0. The van der Waals surface area contributed by atoms with Crippen molar-refractivity contribution in [1.29, 1.82) is 0 Å². The number of hydrogen-bond donors (Lipinski definition) is 0. The molecule has 0 saturated heterocycles. The zero-order chi connectivity index (χ0) is 10.9. The number of benzene rings is 1. The number of rotatable bonds is 2. The molecular weight excluding hydrogens is 273 g/mol. The number of nitrogens with zero attached hydrogens (tertiary/aromatic N) is 1. The lowest BCUT2D eigenvalue weighted by Crippen LogP contribution is -1.97. The van der Waals surface area contributed by atoms with E-state index in [1.54, 1.807) is 6.92 Å². The maximum absolute atomic E-state index is 10.9. The van der Waals surface area contributed by atoms with Gasteiger partial charge in [-0.3, -0.25) is 14.9 Å². The molecule has 1 rings (SSSR count). The van der Waals surface area contributed by atoms with Crippen molar-refractivity contribution in [2.75, 3.05) is 0 Å². The highest BCUT2D eigenvalue weighted by Crippen LogP contribution is 2.27. The summed E-state index contributed by atoms with van der Waals surface area (Å²) < 4.78 is 0.459. The Morgan fingerprint density at radius 2 is 2.14 bits per heavy atom. The number of nitro benzene ring substituents is 1. The van der Waals surface area contributed by atoms with Gasteiger partial charge in [-0.15, -0.1) is 0 Å². The fourth-order valence-electron chi connectivity index (χ4n) is 1.01. The van der Waals surface area contributed by atoms with Gasteiger partial charge < -0.3 is 0 Å². The summed E-state index contributed by atoms with van der Waals surface area (Å²) >= 11 is 8.35. The first-order valence-corrected chi connectivity index (χ1v) is 4.75. The van der Waals surface area contributed by atoms with Crippen molar-refractivity contribution < 1.29 is 9.72 Å². The summed E-state index contributed by atoms with van der Waals surface area (Å²) in [6.45, 7) is 1.59. The summed E-state index contributed by atoms with van der Waals surface area (Å²) in [5.41, 5.74) is 0.463. The lowest BCUT2D eigenvalue weighted by atomic mass is 10.1. The predicted molar refractivity (Wildman–Crippen MR) is 55.7 cm³/mol. The van der Waals surface area contributed by atoms with E-state index in [1.165, 1.54) is 6.07 Å². The van der Waals surface area contributed by atoms with E-state index in [-0.39, 0.29) is 11.3 Å². The number of aryl methyl sites for hydroxylation is 1. The molecular formula is C8H5BrClNO3. The Balaban J connectivity index is 3.42. The molecule has 0 spiro atoms. The first kappa shape index (κ1) is 11.1. The fraction of sp³-hybridized carbons (Fsp3) is 0.125. The Morgan fingerprint density at radius 1 is 1.57 bits per heavy atom. The van der Waals surface area contributed by atoms with Crippen molar-refractivity contribution >= 4 is 38.5 Å². The van der Waals surface area contributed by atoms with Crippen molar-refractivity contribution in [2.24, 2.45) is 0 Å². The predicted octanol–water partition coefficient (Wildman–Crippen LogP) is 3.04. The Morgan fingerprint density at radius 3 is 2.57 bits per heavy atom. The number of halogens is 2. The molecule has 0 amide bonds. The van der Waals surface area contributed by atoms with Crippen molar-refractivity contribution in [2.45, 2.75) is 6.92 Å². The number of carbonyl (C=O) groups excluding carboxylic acids is 1. The van der Waals surface area contributed by atoms with Crippen LogP contribution >= 0.6 is 27.5 Å². The SMILES string of the molecule is Cc1cc(Br)c(C(=O)Cl)cc1[N+](=O)[O-]. The van der Waals surface area contributed by atoms with Crippen LogP contribution in [0.3, 0.4) is 0 Å². The molecule has 4 nitrogen and oxygen atoms in total. The molecule has 0 aliphatic heterocycles. The molecule has 74 valence electrons. The summed E-state index contributed by atoms with van der Waals surface area (Å²) in [5, 5.41) is 9.82. The lowest BCUT2D eigenvalue weighted by molar-refractivity contribution is -0.385. The Bertz CT molecular complexity index is 384. The third-order valence-electron chi connectivity index (χ3n) is 1.69. The molecule has 0 unspecified atom stereocenters. The number of nitro groups is 1. The van der Waals surface area contributed by atoms with Crippen LogP contribution in [0.25, 0.3) is 0 Å². The van der Waals surface area contributed by atoms with E-state index in [2.05, 4.69) is 15.9 Å². The van der Waals surface area contributed by atoms with Gasteiger partial charge in [0.1, 0.15) is 0 Å². The standard InChI is InChI=1S/C8H5BrClNO3/c1-4-2-6(9)5(8(10)12)3-7(4)11(13)14/h2-3H,1H3. The van der Waals surface area contributed by atoms with E-state index in [4.69, 9.17) is 11.6 Å². The second-order valence-electron chi connectivity index (χ2n) is 2.65. The summed E-state index contributed by atoms with van der Waals surface area (Å²) in [5.74, 6) is 0. The minimum atomic E-state index is -0.722. The summed E-state index contributed by atoms with van der Waals surface area (Å²) in [7, 11) is 0. The van der Waals surface area contributed by atoms with E-state index in [1.807, 2.05) is 0 Å². The first-order valence-electron chi connectivity index (χ1n) is 3.58. The molecule has 0 heterocycles. The van der Waals surface area contributed by atoms with Gasteiger partial charge in [-0.1, -0.05) is 0 Å². The van der Waals surface area contributed by atoms with Gasteiger partial charge in [0, 0.05) is 16.1 Å². The molecule has 0 N–H and O–H groups in total. The Hall–Kier alpha value is -0.940. The maximum Gasteiger partial charge on any atom is 0.273 e. The van der Waals surface area contributed by atoms with Gasteiger partial charge in [0.2, 0.25) is 0 Å². The molecule has 6 heteroatoms. The van der Waals surface area contributed by atoms with Gasteiger partial charge in [0.05, 0.1) is 10.5 Å². The van der Waals surface area contributed by atoms with E-state index < -0.39 is 10.2 Å². The lowest BCUT2D eigenvalue weighted by Gasteiger charge is -2.01. The largest absolute Gasteiger partial charge is 0.276 e. The molecule has 0 saturated carbocycles. The van der Waals surface area contributed by atoms with E-state index in [0.717, 1.165) is 6.07 Å². The van der Waals surface area contributed by atoms with Crippen molar-refractivity contribution in [3.05, 3.63) is 37.8 Å². The second-order valence-corrected chi connectivity index (χ2v) is 3.85. The molecule has 0 aliphatic rings. The smallest absolute Gasteiger partial charge is 0.273 e. The van der Waals surface area contributed by atoms with E-state index in [0.29, 0.717) is 10.0 Å². The van der Waals surface area contributed by atoms with Crippen LogP contribution in [0.5, 0.6) is 0 Å². The topological polar surface area (TPSA) is 60.2 Å². The van der Waals surface area contributed by atoms with Crippen LogP contribution in [-0.4, -0.2) is 10.2 Å². The van der Waals surface area contributed by atoms with Crippen molar-refractivity contribution in [3.8, 4) is 0 Å². The highest BCUT2D eigenvalue weighted by molar-refractivity contribution is 9.10. The van der Waals surface area contributed by atoms with Gasteiger partial charge >= 0.3 is 0 Å². The molecule has 0 fully saturated rings. The van der Waals surface area contributed by atoms with Gasteiger partial charge in [0.25, 0.3) is 10.9 Å². The van der Waals surface area contributed by atoms with Crippen LogP contribution in [-0.2, 0) is 0 Å². The second kappa shape index (κ2) is 4.06. The van der Waals surface area contributed by atoms with Gasteiger partial charge in [-0.2, -0.15) is 0 Å². The monoisotopic (exact) mass is 277 g/mol. The molecule has 1 aromatic carbocycles. The quantitative estimate of drug-likeness (QED) is 0.474. The van der Waals surface area contributed by atoms with Gasteiger partial charge in [-0.05, 0) is 40.5 Å². The average molecular weight is 278 g/mol. The molecule has 0 bridgehead atoms. The normalized spacial score (nSPS) is 9.93. The zero-order valence-corrected chi connectivity index (χ0v) is 9.42. The van der Waals surface area contributed by atoms with E-state index >= 15 is 0 Å². The molecule has 0 atom stereocenters. The molecule has 0 aliphatic carbocycles. The van der Waals surface area contributed by atoms with Gasteiger partial charge in [0.15, 0.2) is 0 Å². The highest BCUT2D eigenvalue weighted by atomic mass is 79.9. The van der Waals surface area contributed by atoms with Crippen LogP contribution in [0.1, 0.15) is 15.9 Å². The van der Waals surface area contributed by atoms with E-state index in [9.17, 15) is 14.9 Å². The third-order valence-corrected chi connectivity index (χ3v) is 2.55. The molecule has 0 aromatic heterocycles. The zero-order valence-electron chi connectivity index (χ0n) is 7.08. The fourth-order valence-corrected chi connectivity index (χ4v) is 1.92. The first-order chi connectivity index (χ1) is 6.43. The summed E-state index contributed by atoms with van der Waals surface area (Å²) in [4.78, 5) is 20.9. The Labute approximate surface area is 93.1 Å². The van der Waals surface area contributed by atoms with Crippen LogP contribution in [0, 0.1) is 17.0 Å². The average Bonchev–Trinajstić information content (AvgIpc) is 2.02.